The fraction of sp³-hybridized carbons (Fsp3) is 0.125. The van der Waals surface area contributed by atoms with Gasteiger partial charge in [0, 0.05) is 12.1 Å². The lowest BCUT2D eigenvalue weighted by Gasteiger charge is -2.07. The van der Waals surface area contributed by atoms with Gasteiger partial charge in [-0.05, 0) is 29.9 Å². The van der Waals surface area contributed by atoms with Gasteiger partial charge in [0.2, 0.25) is 0 Å². The van der Waals surface area contributed by atoms with Crippen LogP contribution in [0.25, 0.3) is 0 Å². The zero-order valence-corrected chi connectivity index (χ0v) is 12.9. The van der Waals surface area contributed by atoms with E-state index in [-0.39, 0.29) is 5.75 Å². The Morgan fingerprint density at radius 1 is 1.23 bits per heavy atom. The fourth-order valence-corrected chi connectivity index (χ4v) is 1.91. The monoisotopic (exact) mass is 315 g/mol. The number of ether oxygens (including phenoxy) is 1. The molecule has 2 rings (SSSR count). The van der Waals surface area contributed by atoms with Gasteiger partial charge in [-0.1, -0.05) is 36.4 Å². The van der Waals surface area contributed by atoms with Crippen LogP contribution in [-0.2, 0) is 6.54 Å². The molecule has 0 spiro atoms. The summed E-state index contributed by atoms with van der Waals surface area (Å²) in [4.78, 5) is 0. The Morgan fingerprint density at radius 2 is 2.00 bits per heavy atom. The number of nitrogens with one attached hydrogen (secondary N) is 2. The normalized spacial score (nSPS) is 10.4. The lowest BCUT2D eigenvalue weighted by Crippen LogP contribution is -2.31. The second kappa shape index (κ2) is 7.99. The summed E-state index contributed by atoms with van der Waals surface area (Å²) >= 11 is 5.13. The molecule has 0 heterocycles. The highest BCUT2D eigenvalue weighted by Gasteiger charge is 2.04. The van der Waals surface area contributed by atoms with Crippen molar-refractivity contribution in [3.8, 4) is 11.5 Å². The van der Waals surface area contributed by atoms with Crippen LogP contribution in [0.15, 0.2) is 53.6 Å². The van der Waals surface area contributed by atoms with E-state index in [1.165, 1.54) is 13.3 Å². The highest BCUT2D eigenvalue weighted by atomic mass is 32.1. The highest BCUT2D eigenvalue weighted by Crippen LogP contribution is 2.27. The maximum atomic E-state index is 9.91. The average molecular weight is 315 g/mol. The van der Waals surface area contributed by atoms with Gasteiger partial charge in [-0.25, -0.2) is 0 Å². The smallest absolute Gasteiger partial charge is 0.187 e. The Hall–Kier alpha value is -2.60. The Bertz CT molecular complexity index is 660. The van der Waals surface area contributed by atoms with Crippen molar-refractivity contribution in [3.05, 3.63) is 59.7 Å². The van der Waals surface area contributed by atoms with Crippen LogP contribution in [0.4, 0.5) is 0 Å². The molecule has 0 saturated carbocycles. The number of methoxy groups -OCH3 is 1. The molecule has 0 fully saturated rings. The summed E-state index contributed by atoms with van der Waals surface area (Å²) in [5.41, 5.74) is 4.37. The van der Waals surface area contributed by atoms with Crippen LogP contribution in [0, 0.1) is 0 Å². The van der Waals surface area contributed by atoms with Crippen LogP contribution in [0.5, 0.6) is 11.5 Å². The minimum atomic E-state index is 0.0405. The zero-order valence-electron chi connectivity index (χ0n) is 12.1. The number of rotatable bonds is 5. The van der Waals surface area contributed by atoms with Crippen LogP contribution in [0.3, 0.4) is 0 Å². The topological polar surface area (TPSA) is 65.9 Å². The molecule has 0 aromatic heterocycles. The van der Waals surface area contributed by atoms with Crippen LogP contribution in [0.2, 0.25) is 0 Å². The number of hydrogen-bond donors (Lipinski definition) is 3. The molecule has 0 atom stereocenters. The van der Waals surface area contributed by atoms with E-state index >= 15 is 0 Å². The van der Waals surface area contributed by atoms with Crippen LogP contribution >= 0.6 is 12.2 Å². The first-order valence-corrected chi connectivity index (χ1v) is 7.08. The molecule has 2 aromatic carbocycles. The van der Waals surface area contributed by atoms with Crippen molar-refractivity contribution in [2.45, 2.75) is 6.54 Å². The maximum Gasteiger partial charge on any atom is 0.187 e. The van der Waals surface area contributed by atoms with Gasteiger partial charge >= 0.3 is 0 Å². The zero-order chi connectivity index (χ0) is 15.8. The van der Waals surface area contributed by atoms with Crippen LogP contribution < -0.4 is 15.5 Å². The van der Waals surface area contributed by atoms with Crippen molar-refractivity contribution in [1.82, 2.24) is 10.7 Å². The minimum absolute atomic E-state index is 0.0405. The molecule has 2 aromatic rings. The molecule has 22 heavy (non-hydrogen) atoms. The summed E-state index contributed by atoms with van der Waals surface area (Å²) in [7, 11) is 1.50. The molecule has 0 amide bonds. The number of aromatic hydroxyl groups is 1. The predicted molar refractivity (Wildman–Crippen MR) is 91.3 cm³/mol. The predicted octanol–water partition coefficient (Wildman–Crippen LogP) is 2.40. The van der Waals surface area contributed by atoms with E-state index in [0.29, 0.717) is 23.0 Å². The van der Waals surface area contributed by atoms with Gasteiger partial charge in [0.05, 0.1) is 13.3 Å². The van der Waals surface area contributed by atoms with Crippen LogP contribution in [0.1, 0.15) is 11.1 Å². The quantitative estimate of drug-likeness (QED) is 0.449. The molecule has 0 saturated heterocycles. The highest BCUT2D eigenvalue weighted by molar-refractivity contribution is 7.80. The van der Waals surface area contributed by atoms with E-state index in [1.807, 2.05) is 30.3 Å². The van der Waals surface area contributed by atoms with Gasteiger partial charge in [0.25, 0.3) is 0 Å². The third-order valence-electron chi connectivity index (χ3n) is 2.92. The molecule has 0 aliphatic heterocycles. The average Bonchev–Trinajstić information content (AvgIpc) is 2.55. The van der Waals surface area contributed by atoms with Gasteiger partial charge in [0.1, 0.15) is 0 Å². The number of phenols is 1. The van der Waals surface area contributed by atoms with Crippen molar-refractivity contribution in [2.24, 2.45) is 5.10 Å². The molecule has 3 N–H and O–H groups in total. The summed E-state index contributed by atoms with van der Waals surface area (Å²) in [5, 5.41) is 17.4. The largest absolute Gasteiger partial charge is 0.504 e. The van der Waals surface area contributed by atoms with E-state index in [9.17, 15) is 5.11 Å². The van der Waals surface area contributed by atoms with E-state index < -0.39 is 0 Å². The second-order valence-electron chi connectivity index (χ2n) is 4.44. The standard InChI is InChI=1S/C16H17N3O2S/c1-21-14-9-5-8-13(15(14)20)11-18-19-16(22)17-10-12-6-3-2-4-7-12/h2-9,11,20H,10H2,1H3,(H2,17,19,22)/b18-11+. The van der Waals surface area contributed by atoms with Crippen LogP contribution in [-0.4, -0.2) is 23.5 Å². The third-order valence-corrected chi connectivity index (χ3v) is 3.15. The Kier molecular flexibility index (Phi) is 5.73. The number of phenolic OH excluding ortho intramolecular Hbond substituents is 1. The number of hydrogen-bond acceptors (Lipinski definition) is 4. The van der Waals surface area contributed by atoms with Crippen molar-refractivity contribution in [1.29, 1.82) is 0 Å². The maximum absolute atomic E-state index is 9.91. The number of para-hydroxylation sites is 1. The van der Waals surface area contributed by atoms with Crippen molar-refractivity contribution in [3.63, 3.8) is 0 Å². The third kappa shape index (κ3) is 4.46. The molecule has 114 valence electrons. The Morgan fingerprint density at radius 3 is 2.73 bits per heavy atom. The molecule has 0 bridgehead atoms. The van der Waals surface area contributed by atoms with Crippen molar-refractivity contribution >= 4 is 23.5 Å². The molecule has 0 unspecified atom stereocenters. The summed E-state index contributed by atoms with van der Waals surface area (Å²) in [6, 6.07) is 15.1. The molecule has 6 heteroatoms. The van der Waals surface area contributed by atoms with Gasteiger partial charge in [-0.2, -0.15) is 5.10 Å². The molecule has 5 nitrogen and oxygen atoms in total. The number of hydrazone groups is 1. The van der Waals surface area contributed by atoms with E-state index in [0.717, 1.165) is 5.56 Å². The first kappa shape index (κ1) is 15.8. The van der Waals surface area contributed by atoms with E-state index in [1.54, 1.807) is 18.2 Å². The molecule has 0 aliphatic rings. The molecular formula is C16H17N3O2S. The lowest BCUT2D eigenvalue weighted by molar-refractivity contribution is 0.373. The fourth-order valence-electron chi connectivity index (χ4n) is 1.79. The van der Waals surface area contributed by atoms with Gasteiger partial charge in [-0.15, -0.1) is 0 Å². The van der Waals surface area contributed by atoms with E-state index in [4.69, 9.17) is 17.0 Å². The van der Waals surface area contributed by atoms with Gasteiger partial charge in [0.15, 0.2) is 16.6 Å². The number of thiocarbonyl (C=S) groups is 1. The second-order valence-corrected chi connectivity index (χ2v) is 4.84. The SMILES string of the molecule is COc1cccc(/C=N/NC(=S)NCc2ccccc2)c1O. The molecular weight excluding hydrogens is 298 g/mol. The van der Waals surface area contributed by atoms with Gasteiger partial charge in [-0.3, -0.25) is 5.43 Å². The minimum Gasteiger partial charge on any atom is -0.504 e. The first-order valence-electron chi connectivity index (χ1n) is 6.67. The summed E-state index contributed by atoms with van der Waals surface area (Å²) < 4.78 is 5.03. The lowest BCUT2D eigenvalue weighted by atomic mass is 10.2. The number of nitrogens with zero attached hydrogens (tertiary/aromatic N) is 1. The Balaban J connectivity index is 1.86. The Labute approximate surface area is 134 Å². The van der Waals surface area contributed by atoms with Crippen molar-refractivity contribution in [2.75, 3.05) is 7.11 Å². The van der Waals surface area contributed by atoms with Gasteiger partial charge < -0.3 is 15.2 Å². The molecule has 0 aliphatic carbocycles. The summed E-state index contributed by atoms with van der Waals surface area (Å²) in [5.74, 6) is 0.437. The first-order chi connectivity index (χ1) is 10.7. The van der Waals surface area contributed by atoms with E-state index in [2.05, 4.69) is 15.8 Å². The molecule has 0 radical (unpaired) electrons. The van der Waals surface area contributed by atoms with Crippen molar-refractivity contribution < 1.29 is 9.84 Å². The number of benzene rings is 2. The summed E-state index contributed by atoms with van der Waals surface area (Å²) in [6.07, 6.45) is 1.48. The summed E-state index contributed by atoms with van der Waals surface area (Å²) in [6.45, 7) is 0.618.